The number of hydrogen-bond acceptors (Lipinski definition) is 3. The van der Waals surface area contributed by atoms with Crippen molar-refractivity contribution in [3.05, 3.63) is 28.2 Å². The molecule has 118 valence electrons. The highest BCUT2D eigenvalue weighted by atomic mass is 79.9. The lowest BCUT2D eigenvalue weighted by atomic mass is 10.00. The minimum atomic E-state index is -2.33. The number of ether oxygens (including phenoxy) is 1. The summed E-state index contributed by atoms with van der Waals surface area (Å²) in [5, 5.41) is 3.26. The summed E-state index contributed by atoms with van der Waals surface area (Å²) in [5.74, 6) is 0.699. The average molecular weight is 363 g/mol. The van der Waals surface area contributed by atoms with Crippen LogP contribution in [0.1, 0.15) is 24.9 Å². The van der Waals surface area contributed by atoms with Crippen molar-refractivity contribution >= 4 is 15.9 Å². The van der Waals surface area contributed by atoms with Gasteiger partial charge in [-0.25, -0.2) is 8.78 Å². The van der Waals surface area contributed by atoms with Gasteiger partial charge in [0, 0.05) is 48.7 Å². The van der Waals surface area contributed by atoms with Gasteiger partial charge in [-0.2, -0.15) is 0 Å². The number of nitrogens with zero attached hydrogens (tertiary/aromatic N) is 1. The van der Waals surface area contributed by atoms with Crippen molar-refractivity contribution in [2.75, 3.05) is 32.8 Å². The Hall–Kier alpha value is -0.720. The van der Waals surface area contributed by atoms with E-state index in [9.17, 15) is 8.78 Å². The van der Waals surface area contributed by atoms with Gasteiger partial charge in [-0.15, -0.1) is 0 Å². The lowest BCUT2D eigenvalue weighted by molar-refractivity contribution is 0.0726. The molecule has 1 fully saturated rings. The van der Waals surface area contributed by atoms with E-state index in [1.54, 1.807) is 0 Å². The van der Waals surface area contributed by atoms with Gasteiger partial charge in [0.1, 0.15) is 5.75 Å². The molecule has 0 aliphatic carbocycles. The molecular formula is C15H21BrF2N2O. The Labute approximate surface area is 132 Å². The Bertz CT molecular complexity index is 453. The SMILES string of the molecule is CCOc1ccc(Br)cc1[C@@H](CC(F)F)N1CCNCC1. The molecular weight excluding hydrogens is 342 g/mol. The largest absolute Gasteiger partial charge is 0.494 e. The number of alkyl halides is 2. The van der Waals surface area contributed by atoms with Crippen molar-refractivity contribution in [2.45, 2.75) is 25.8 Å². The third kappa shape index (κ3) is 4.63. The van der Waals surface area contributed by atoms with Crippen molar-refractivity contribution in [2.24, 2.45) is 0 Å². The first-order valence-electron chi connectivity index (χ1n) is 7.27. The average Bonchev–Trinajstić information content (AvgIpc) is 2.48. The van der Waals surface area contributed by atoms with E-state index in [1.165, 1.54) is 0 Å². The summed E-state index contributed by atoms with van der Waals surface area (Å²) in [6.45, 7) is 5.64. The first-order chi connectivity index (χ1) is 10.1. The third-order valence-corrected chi connectivity index (χ3v) is 4.12. The van der Waals surface area contributed by atoms with Crippen molar-refractivity contribution in [3.63, 3.8) is 0 Å². The first-order valence-corrected chi connectivity index (χ1v) is 8.06. The van der Waals surface area contributed by atoms with E-state index in [0.717, 1.165) is 36.2 Å². The summed E-state index contributed by atoms with van der Waals surface area (Å²) in [6.07, 6.45) is -2.50. The van der Waals surface area contributed by atoms with E-state index in [2.05, 4.69) is 26.1 Å². The molecule has 1 aliphatic rings. The van der Waals surface area contributed by atoms with Crippen LogP contribution in [0.15, 0.2) is 22.7 Å². The summed E-state index contributed by atoms with van der Waals surface area (Å²) in [4.78, 5) is 2.12. The van der Waals surface area contributed by atoms with Crippen molar-refractivity contribution in [1.29, 1.82) is 0 Å². The molecule has 21 heavy (non-hydrogen) atoms. The summed E-state index contributed by atoms with van der Waals surface area (Å²) < 4.78 is 32.6. The van der Waals surface area contributed by atoms with Crippen molar-refractivity contribution in [1.82, 2.24) is 10.2 Å². The topological polar surface area (TPSA) is 24.5 Å². The van der Waals surface area contributed by atoms with Crippen LogP contribution in [0.2, 0.25) is 0 Å². The van der Waals surface area contributed by atoms with Gasteiger partial charge in [0.15, 0.2) is 0 Å². The maximum absolute atomic E-state index is 13.0. The van der Waals surface area contributed by atoms with E-state index in [-0.39, 0.29) is 12.5 Å². The molecule has 1 saturated heterocycles. The maximum atomic E-state index is 13.0. The smallest absolute Gasteiger partial charge is 0.240 e. The highest BCUT2D eigenvalue weighted by molar-refractivity contribution is 9.10. The second-order valence-corrected chi connectivity index (χ2v) is 5.96. The van der Waals surface area contributed by atoms with E-state index in [4.69, 9.17) is 4.74 Å². The zero-order valence-electron chi connectivity index (χ0n) is 12.1. The second kappa shape index (κ2) is 8.06. The zero-order valence-corrected chi connectivity index (χ0v) is 13.7. The molecule has 1 heterocycles. The van der Waals surface area contributed by atoms with Gasteiger partial charge >= 0.3 is 0 Å². The molecule has 1 aromatic carbocycles. The van der Waals surface area contributed by atoms with Crippen molar-refractivity contribution in [3.8, 4) is 5.75 Å². The van der Waals surface area contributed by atoms with Gasteiger partial charge in [-0.3, -0.25) is 4.90 Å². The van der Waals surface area contributed by atoms with Crippen LogP contribution < -0.4 is 10.1 Å². The molecule has 1 N–H and O–H groups in total. The Balaban J connectivity index is 2.31. The number of halogens is 3. The van der Waals surface area contributed by atoms with Gasteiger partial charge in [0.05, 0.1) is 6.61 Å². The first kappa shape index (κ1) is 16.6. The van der Waals surface area contributed by atoms with Crippen LogP contribution in [-0.4, -0.2) is 44.1 Å². The van der Waals surface area contributed by atoms with Crippen LogP contribution in [0.4, 0.5) is 8.78 Å². The number of benzene rings is 1. The predicted molar refractivity (Wildman–Crippen MR) is 83.1 cm³/mol. The van der Waals surface area contributed by atoms with Crippen LogP contribution >= 0.6 is 15.9 Å². The lowest BCUT2D eigenvalue weighted by Gasteiger charge is -2.35. The number of piperazine rings is 1. The van der Waals surface area contributed by atoms with Gasteiger partial charge in [0.2, 0.25) is 6.43 Å². The lowest BCUT2D eigenvalue weighted by Crippen LogP contribution is -2.45. The van der Waals surface area contributed by atoms with E-state index >= 15 is 0 Å². The molecule has 0 saturated carbocycles. The molecule has 2 rings (SSSR count). The van der Waals surface area contributed by atoms with Crippen LogP contribution in [0.5, 0.6) is 5.75 Å². The van der Waals surface area contributed by atoms with Gasteiger partial charge in [-0.05, 0) is 25.1 Å². The molecule has 0 spiro atoms. The second-order valence-electron chi connectivity index (χ2n) is 5.04. The highest BCUT2D eigenvalue weighted by Crippen LogP contribution is 2.35. The summed E-state index contributed by atoms with van der Waals surface area (Å²) >= 11 is 3.43. The zero-order chi connectivity index (χ0) is 15.2. The molecule has 0 aromatic heterocycles. The van der Waals surface area contributed by atoms with Crippen LogP contribution in [0, 0.1) is 0 Å². The Morgan fingerprint density at radius 2 is 2.05 bits per heavy atom. The van der Waals surface area contributed by atoms with E-state index in [0.29, 0.717) is 12.4 Å². The monoisotopic (exact) mass is 362 g/mol. The van der Waals surface area contributed by atoms with Crippen LogP contribution in [-0.2, 0) is 0 Å². The molecule has 1 aromatic rings. The third-order valence-electron chi connectivity index (χ3n) is 3.62. The number of nitrogens with one attached hydrogen (secondary N) is 1. The fraction of sp³-hybridized carbons (Fsp3) is 0.600. The predicted octanol–water partition coefficient (Wildman–Crippen LogP) is 3.45. The fourth-order valence-corrected chi connectivity index (χ4v) is 3.08. The van der Waals surface area contributed by atoms with Gasteiger partial charge in [-0.1, -0.05) is 15.9 Å². The minimum Gasteiger partial charge on any atom is -0.494 e. The summed E-state index contributed by atoms with van der Waals surface area (Å²) in [5.41, 5.74) is 0.841. The Morgan fingerprint density at radius 1 is 1.33 bits per heavy atom. The van der Waals surface area contributed by atoms with Crippen molar-refractivity contribution < 1.29 is 13.5 Å². The quantitative estimate of drug-likeness (QED) is 0.838. The maximum Gasteiger partial charge on any atom is 0.240 e. The molecule has 0 amide bonds. The van der Waals surface area contributed by atoms with Crippen LogP contribution in [0.25, 0.3) is 0 Å². The van der Waals surface area contributed by atoms with Gasteiger partial charge < -0.3 is 10.1 Å². The van der Waals surface area contributed by atoms with Gasteiger partial charge in [0.25, 0.3) is 0 Å². The minimum absolute atomic E-state index is 0.170. The molecule has 0 bridgehead atoms. The van der Waals surface area contributed by atoms with E-state index < -0.39 is 6.43 Å². The fourth-order valence-electron chi connectivity index (χ4n) is 2.70. The van der Waals surface area contributed by atoms with E-state index in [1.807, 2.05) is 25.1 Å². The molecule has 6 heteroatoms. The number of hydrogen-bond donors (Lipinski definition) is 1. The van der Waals surface area contributed by atoms with Crippen LogP contribution in [0.3, 0.4) is 0 Å². The molecule has 1 aliphatic heterocycles. The molecule has 0 unspecified atom stereocenters. The molecule has 1 atom stereocenters. The number of rotatable bonds is 6. The molecule has 3 nitrogen and oxygen atoms in total. The summed E-state index contributed by atoms with van der Waals surface area (Å²) in [6, 6.07) is 5.32. The molecule has 0 radical (unpaired) electrons. The summed E-state index contributed by atoms with van der Waals surface area (Å²) in [7, 11) is 0. The standard InChI is InChI=1S/C15H21BrF2N2O/c1-2-21-14-4-3-11(16)9-12(14)13(10-15(17)18)20-7-5-19-6-8-20/h3-4,9,13,15,19H,2,5-8,10H2,1H3/t13-/m1/s1. The Morgan fingerprint density at radius 3 is 2.67 bits per heavy atom. The highest BCUT2D eigenvalue weighted by Gasteiger charge is 2.28. The normalized spacial score (nSPS) is 18.0. The Kier molecular flexibility index (Phi) is 6.39.